The molecule has 0 spiro atoms. The molecule has 1 aromatic heterocycles. The van der Waals surface area contributed by atoms with Crippen molar-refractivity contribution in [3.8, 4) is 0 Å². The monoisotopic (exact) mass is 297 g/mol. The molecule has 106 valence electrons. The molecular formula is C18H18ClN2+. The standard InChI is InChI=1S/C18H17ClN2/c1-13-10-18(20-17-11-15(19)8-9-16(13)17)21(2)12-14-6-4-3-5-7-14/h3-11H,12H2,1-2H3/p+1. The summed E-state index contributed by atoms with van der Waals surface area (Å²) in [5, 5.41) is 1.96. The van der Waals surface area contributed by atoms with Gasteiger partial charge in [-0.05, 0) is 30.2 Å². The van der Waals surface area contributed by atoms with Crippen molar-refractivity contribution >= 4 is 28.3 Å². The number of hydrogen-bond donors (Lipinski definition) is 0. The number of hydrogen-bond acceptors (Lipinski definition) is 1. The average Bonchev–Trinajstić information content (AvgIpc) is 2.47. The number of pyridine rings is 1. The van der Waals surface area contributed by atoms with Gasteiger partial charge in [0.25, 0.3) is 5.82 Å². The van der Waals surface area contributed by atoms with E-state index >= 15 is 0 Å². The summed E-state index contributed by atoms with van der Waals surface area (Å²) in [7, 11) is 2.09. The van der Waals surface area contributed by atoms with Crippen molar-refractivity contribution in [3.63, 3.8) is 0 Å². The molecule has 0 atom stereocenters. The van der Waals surface area contributed by atoms with Crippen LogP contribution in [0.3, 0.4) is 0 Å². The number of rotatable bonds is 3. The summed E-state index contributed by atoms with van der Waals surface area (Å²) in [6, 6.07) is 18.6. The van der Waals surface area contributed by atoms with Gasteiger partial charge in [-0.2, -0.15) is 0 Å². The first-order valence-electron chi connectivity index (χ1n) is 7.01. The second-order valence-electron chi connectivity index (χ2n) is 5.37. The van der Waals surface area contributed by atoms with Gasteiger partial charge in [-0.1, -0.05) is 41.9 Å². The lowest BCUT2D eigenvalue weighted by Crippen LogP contribution is -2.25. The summed E-state index contributed by atoms with van der Waals surface area (Å²) < 4.78 is 0. The van der Waals surface area contributed by atoms with Crippen LogP contribution in [-0.4, -0.2) is 7.05 Å². The van der Waals surface area contributed by atoms with Crippen LogP contribution in [0.4, 0.5) is 5.82 Å². The summed E-state index contributed by atoms with van der Waals surface area (Å²) in [6.07, 6.45) is 0. The quantitative estimate of drug-likeness (QED) is 0.706. The Morgan fingerprint density at radius 1 is 1.05 bits per heavy atom. The van der Waals surface area contributed by atoms with Crippen LogP contribution >= 0.6 is 11.6 Å². The van der Waals surface area contributed by atoms with E-state index in [1.54, 1.807) is 0 Å². The van der Waals surface area contributed by atoms with E-state index in [1.165, 1.54) is 16.5 Å². The highest BCUT2D eigenvalue weighted by atomic mass is 35.5. The normalized spacial score (nSPS) is 10.8. The summed E-state index contributed by atoms with van der Waals surface area (Å²) in [5.41, 5.74) is 3.60. The van der Waals surface area contributed by atoms with E-state index in [-0.39, 0.29) is 0 Å². The molecule has 0 aliphatic carbocycles. The van der Waals surface area contributed by atoms with E-state index in [4.69, 9.17) is 11.6 Å². The van der Waals surface area contributed by atoms with Gasteiger partial charge in [-0.15, -0.1) is 0 Å². The van der Waals surface area contributed by atoms with Crippen LogP contribution in [0.25, 0.3) is 10.9 Å². The van der Waals surface area contributed by atoms with Crippen molar-refractivity contribution in [2.75, 3.05) is 11.9 Å². The Morgan fingerprint density at radius 2 is 1.81 bits per heavy atom. The van der Waals surface area contributed by atoms with Crippen molar-refractivity contribution in [2.45, 2.75) is 13.5 Å². The van der Waals surface area contributed by atoms with Gasteiger partial charge < -0.3 is 0 Å². The molecule has 2 aromatic carbocycles. The van der Waals surface area contributed by atoms with Gasteiger partial charge in [0.05, 0.1) is 7.05 Å². The van der Waals surface area contributed by atoms with Gasteiger partial charge in [0.2, 0.25) is 0 Å². The van der Waals surface area contributed by atoms with Crippen LogP contribution in [-0.2, 0) is 6.54 Å². The third kappa shape index (κ3) is 3.01. The smallest absolute Gasteiger partial charge is 0.260 e. The molecule has 3 heteroatoms. The molecule has 0 saturated carbocycles. The number of halogens is 1. The Bertz CT molecular complexity index is 769. The molecule has 0 aliphatic heterocycles. The molecule has 3 rings (SSSR count). The summed E-state index contributed by atoms with van der Waals surface area (Å²) in [4.78, 5) is 5.68. The average molecular weight is 298 g/mol. The number of aromatic nitrogens is 1. The molecule has 3 aromatic rings. The SMILES string of the molecule is Cc1cc(N(C)Cc2ccccc2)[nH+]c2cc(Cl)ccc12. The second kappa shape index (κ2) is 5.74. The highest BCUT2D eigenvalue weighted by Gasteiger charge is 2.14. The van der Waals surface area contributed by atoms with Crippen molar-refractivity contribution in [2.24, 2.45) is 0 Å². The predicted octanol–water partition coefficient (Wildman–Crippen LogP) is 4.25. The first-order valence-corrected chi connectivity index (χ1v) is 7.38. The van der Waals surface area contributed by atoms with E-state index in [1.807, 2.05) is 18.2 Å². The first-order chi connectivity index (χ1) is 10.1. The minimum atomic E-state index is 0.751. The Morgan fingerprint density at radius 3 is 2.57 bits per heavy atom. The van der Waals surface area contributed by atoms with Crippen molar-refractivity contribution in [3.05, 3.63) is 70.7 Å². The molecule has 21 heavy (non-hydrogen) atoms. The molecule has 1 heterocycles. The van der Waals surface area contributed by atoms with Crippen molar-refractivity contribution in [1.82, 2.24) is 0 Å². The van der Waals surface area contributed by atoms with E-state index in [0.29, 0.717) is 0 Å². The lowest BCUT2D eigenvalue weighted by atomic mass is 10.1. The summed E-state index contributed by atoms with van der Waals surface area (Å²) >= 11 is 6.10. The van der Waals surface area contributed by atoms with E-state index in [0.717, 1.165) is 22.9 Å². The number of nitrogens with one attached hydrogen (secondary N) is 1. The minimum Gasteiger partial charge on any atom is -0.260 e. The zero-order chi connectivity index (χ0) is 14.8. The maximum atomic E-state index is 6.10. The number of anilines is 1. The Kier molecular flexibility index (Phi) is 3.80. The van der Waals surface area contributed by atoms with E-state index < -0.39 is 0 Å². The minimum absolute atomic E-state index is 0.751. The zero-order valence-electron chi connectivity index (χ0n) is 12.2. The van der Waals surface area contributed by atoms with Crippen LogP contribution in [0.2, 0.25) is 5.02 Å². The molecular weight excluding hydrogens is 280 g/mol. The summed E-state index contributed by atoms with van der Waals surface area (Å²) in [5.74, 6) is 1.09. The molecule has 0 radical (unpaired) electrons. The fraction of sp³-hybridized carbons (Fsp3) is 0.167. The van der Waals surface area contributed by atoms with E-state index in [2.05, 4.69) is 60.3 Å². The third-order valence-corrected chi connectivity index (χ3v) is 3.93. The Labute approximate surface area is 130 Å². The molecule has 0 aliphatic rings. The highest BCUT2D eigenvalue weighted by molar-refractivity contribution is 6.31. The van der Waals surface area contributed by atoms with Crippen LogP contribution in [0.1, 0.15) is 11.1 Å². The molecule has 0 amide bonds. The molecule has 2 nitrogen and oxygen atoms in total. The highest BCUT2D eigenvalue weighted by Crippen LogP contribution is 2.22. The fourth-order valence-corrected chi connectivity index (χ4v) is 2.74. The zero-order valence-corrected chi connectivity index (χ0v) is 13.0. The molecule has 0 fully saturated rings. The van der Waals surface area contributed by atoms with Crippen LogP contribution < -0.4 is 9.88 Å². The predicted molar refractivity (Wildman–Crippen MR) is 88.8 cm³/mol. The molecule has 1 N–H and O–H groups in total. The fourth-order valence-electron chi connectivity index (χ4n) is 2.57. The van der Waals surface area contributed by atoms with Crippen LogP contribution in [0.5, 0.6) is 0 Å². The molecule has 0 unspecified atom stereocenters. The van der Waals surface area contributed by atoms with Gasteiger partial charge in [-0.25, -0.2) is 4.98 Å². The number of benzene rings is 2. The number of fused-ring (bicyclic) bond motifs is 1. The van der Waals surface area contributed by atoms with Crippen molar-refractivity contribution in [1.29, 1.82) is 0 Å². The number of H-pyrrole nitrogens is 1. The number of nitrogens with zero attached hydrogens (tertiary/aromatic N) is 1. The largest absolute Gasteiger partial charge is 0.275 e. The number of aryl methyl sites for hydroxylation is 1. The van der Waals surface area contributed by atoms with E-state index in [9.17, 15) is 0 Å². The van der Waals surface area contributed by atoms with Crippen LogP contribution in [0, 0.1) is 6.92 Å². The number of aromatic amines is 1. The van der Waals surface area contributed by atoms with Crippen molar-refractivity contribution < 1.29 is 4.98 Å². The lowest BCUT2D eigenvalue weighted by Gasteiger charge is -2.13. The van der Waals surface area contributed by atoms with Gasteiger partial charge in [0.1, 0.15) is 12.1 Å². The first kappa shape index (κ1) is 13.9. The second-order valence-corrected chi connectivity index (χ2v) is 5.81. The van der Waals surface area contributed by atoms with Gasteiger partial charge in [0, 0.05) is 22.5 Å². The van der Waals surface area contributed by atoms with Gasteiger partial charge >= 0.3 is 0 Å². The Balaban J connectivity index is 1.96. The molecule has 0 bridgehead atoms. The van der Waals surface area contributed by atoms with Crippen LogP contribution in [0.15, 0.2) is 54.6 Å². The topological polar surface area (TPSA) is 17.4 Å². The summed E-state index contributed by atoms with van der Waals surface area (Å²) in [6.45, 7) is 2.99. The maximum Gasteiger partial charge on any atom is 0.275 e. The molecule has 0 saturated heterocycles. The third-order valence-electron chi connectivity index (χ3n) is 3.70. The van der Waals surface area contributed by atoms with Gasteiger partial charge in [0.15, 0.2) is 0 Å². The maximum absolute atomic E-state index is 6.10. The van der Waals surface area contributed by atoms with Gasteiger partial charge in [-0.3, -0.25) is 4.90 Å². The Hall–Kier alpha value is -2.06. The lowest BCUT2D eigenvalue weighted by molar-refractivity contribution is -0.330.